The first-order valence-corrected chi connectivity index (χ1v) is 9.02. The Labute approximate surface area is 160 Å². The van der Waals surface area contributed by atoms with Crippen LogP contribution >= 0.6 is 47.0 Å². The van der Waals surface area contributed by atoms with Crippen LogP contribution in [0, 0.1) is 5.92 Å². The van der Waals surface area contributed by atoms with Crippen molar-refractivity contribution in [3.8, 4) is 0 Å². The molecule has 0 bridgehead atoms. The lowest BCUT2D eigenvalue weighted by Gasteiger charge is -2.30. The summed E-state index contributed by atoms with van der Waals surface area (Å²) in [5, 5.41) is 3.37. The number of nitrogens with one attached hydrogen (secondary N) is 3. The first kappa shape index (κ1) is 19.3. The van der Waals surface area contributed by atoms with Gasteiger partial charge >= 0.3 is 0 Å². The number of thiocarbonyl (C=S) groups is 1. The molecule has 1 aliphatic rings. The fraction of sp³-hybridized carbons (Fsp3) is 0.500. The number of nitrogens with two attached hydrogens (primary N) is 1. The Bertz CT molecular complexity index is 658. The fourth-order valence-corrected chi connectivity index (χ4v) is 3.39. The first-order chi connectivity index (χ1) is 11.3. The molecule has 1 fully saturated rings. The van der Waals surface area contributed by atoms with Crippen LogP contribution in [0.1, 0.15) is 43.1 Å². The van der Waals surface area contributed by atoms with E-state index < -0.39 is 5.91 Å². The van der Waals surface area contributed by atoms with Crippen LogP contribution in [0.2, 0.25) is 15.2 Å². The highest BCUT2D eigenvalue weighted by Crippen LogP contribution is 2.34. The highest BCUT2D eigenvalue weighted by molar-refractivity contribution is 7.80. The molecule has 1 aliphatic carbocycles. The minimum atomic E-state index is -0.619. The summed E-state index contributed by atoms with van der Waals surface area (Å²) in [6.07, 6.45) is 4.61. The van der Waals surface area contributed by atoms with Crippen LogP contribution in [0.5, 0.6) is 0 Å². The third kappa shape index (κ3) is 4.53. The van der Waals surface area contributed by atoms with Gasteiger partial charge in [0.15, 0.2) is 16.0 Å². The van der Waals surface area contributed by atoms with E-state index >= 15 is 0 Å². The van der Waals surface area contributed by atoms with Gasteiger partial charge in [0.2, 0.25) is 0 Å². The molecule has 0 aliphatic heterocycles. The van der Waals surface area contributed by atoms with Crippen LogP contribution in [0.4, 0.5) is 5.69 Å². The zero-order valence-corrected chi connectivity index (χ0v) is 16.0. The van der Waals surface area contributed by atoms with Gasteiger partial charge in [-0.25, -0.2) is 4.98 Å². The summed E-state index contributed by atoms with van der Waals surface area (Å²) in [5.74, 6) is -0.0914. The number of hydrogen-bond donors (Lipinski definition) is 4. The first-order valence-electron chi connectivity index (χ1n) is 7.48. The molecule has 0 spiro atoms. The van der Waals surface area contributed by atoms with Crippen molar-refractivity contribution in [2.75, 3.05) is 5.73 Å². The molecule has 1 aromatic heterocycles. The predicted octanol–water partition coefficient (Wildman–Crippen LogP) is 3.31. The molecule has 2 rings (SSSR count). The van der Waals surface area contributed by atoms with Gasteiger partial charge < -0.3 is 11.1 Å². The molecule has 5 N–H and O–H groups in total. The number of anilines is 1. The van der Waals surface area contributed by atoms with Crippen molar-refractivity contribution in [1.82, 2.24) is 21.2 Å². The molecule has 132 valence electrons. The average molecular weight is 411 g/mol. The van der Waals surface area contributed by atoms with Crippen molar-refractivity contribution >= 4 is 63.7 Å². The Morgan fingerprint density at radius 1 is 1.21 bits per heavy atom. The number of aromatic nitrogens is 1. The summed E-state index contributed by atoms with van der Waals surface area (Å²) in [4.78, 5) is 16.0. The molecule has 10 heteroatoms. The predicted molar refractivity (Wildman–Crippen MR) is 101 cm³/mol. The summed E-state index contributed by atoms with van der Waals surface area (Å²) in [7, 11) is 0. The minimum Gasteiger partial charge on any atom is -0.396 e. The highest BCUT2D eigenvalue weighted by Gasteiger charge is 2.23. The van der Waals surface area contributed by atoms with Gasteiger partial charge in [0.05, 0.1) is 10.7 Å². The normalized spacial score (nSPS) is 20.3. The van der Waals surface area contributed by atoms with E-state index in [0.29, 0.717) is 11.0 Å². The summed E-state index contributed by atoms with van der Waals surface area (Å²) >= 11 is 22.8. The van der Waals surface area contributed by atoms with Crippen molar-refractivity contribution in [3.63, 3.8) is 0 Å². The molecule has 1 aromatic rings. The monoisotopic (exact) mass is 409 g/mol. The van der Waals surface area contributed by atoms with Gasteiger partial charge in [0.25, 0.3) is 5.91 Å². The Balaban J connectivity index is 1.94. The number of nitrogen functional groups attached to an aromatic ring is 1. The van der Waals surface area contributed by atoms with Gasteiger partial charge in [0.1, 0.15) is 5.02 Å². The molecular formula is C14H18Cl3N5OS. The lowest BCUT2D eigenvalue weighted by molar-refractivity contribution is 0.0938. The summed E-state index contributed by atoms with van der Waals surface area (Å²) in [6.45, 7) is 2.18. The van der Waals surface area contributed by atoms with Crippen LogP contribution in [0.3, 0.4) is 0 Å². The third-order valence-electron chi connectivity index (χ3n) is 4.00. The molecule has 1 saturated carbocycles. The third-order valence-corrected chi connectivity index (χ3v) is 5.36. The number of rotatable bonds is 2. The van der Waals surface area contributed by atoms with E-state index in [2.05, 4.69) is 28.1 Å². The van der Waals surface area contributed by atoms with Crippen molar-refractivity contribution in [2.24, 2.45) is 5.92 Å². The van der Waals surface area contributed by atoms with Crippen LogP contribution < -0.4 is 21.9 Å². The van der Waals surface area contributed by atoms with E-state index in [0.717, 1.165) is 12.8 Å². The topological polar surface area (TPSA) is 92.1 Å². The van der Waals surface area contributed by atoms with Crippen LogP contribution in [0.15, 0.2) is 0 Å². The van der Waals surface area contributed by atoms with Gasteiger partial charge in [-0.3, -0.25) is 15.6 Å². The van der Waals surface area contributed by atoms with E-state index in [-0.39, 0.29) is 32.6 Å². The molecule has 2 atom stereocenters. The molecule has 0 saturated heterocycles. The second-order valence-electron chi connectivity index (χ2n) is 5.71. The van der Waals surface area contributed by atoms with Gasteiger partial charge in [0, 0.05) is 6.04 Å². The smallest absolute Gasteiger partial charge is 0.289 e. The zero-order valence-electron chi connectivity index (χ0n) is 13.0. The molecule has 1 amide bonds. The maximum atomic E-state index is 12.2. The number of hydrogen-bond acceptors (Lipinski definition) is 4. The Morgan fingerprint density at radius 2 is 1.88 bits per heavy atom. The fourth-order valence-electron chi connectivity index (χ4n) is 2.59. The standard InChI is InChI=1S/C14H18Cl3N5OS/c1-6-4-2-3-5-7(6)19-14(24)22-21-13(23)11-8(15)10(18)9(16)12(17)20-11/h6-7H,2-5H2,1H3,(H2,18,20)(H,21,23)(H2,19,22,24). The lowest BCUT2D eigenvalue weighted by Crippen LogP contribution is -2.51. The van der Waals surface area contributed by atoms with Crippen LogP contribution in [-0.2, 0) is 0 Å². The van der Waals surface area contributed by atoms with Gasteiger partial charge in [-0.2, -0.15) is 0 Å². The van der Waals surface area contributed by atoms with Crippen molar-refractivity contribution in [2.45, 2.75) is 38.6 Å². The van der Waals surface area contributed by atoms with Gasteiger partial charge in [-0.15, -0.1) is 0 Å². The van der Waals surface area contributed by atoms with E-state index in [1.165, 1.54) is 12.8 Å². The molecule has 2 unspecified atom stereocenters. The summed E-state index contributed by atoms with van der Waals surface area (Å²) in [5.41, 5.74) is 10.6. The summed E-state index contributed by atoms with van der Waals surface area (Å²) < 4.78 is 0. The largest absolute Gasteiger partial charge is 0.396 e. The van der Waals surface area contributed by atoms with E-state index in [1.54, 1.807) is 0 Å². The van der Waals surface area contributed by atoms with Gasteiger partial charge in [-0.1, -0.05) is 54.6 Å². The molecule has 6 nitrogen and oxygen atoms in total. The maximum Gasteiger partial charge on any atom is 0.289 e. The van der Waals surface area contributed by atoms with Gasteiger partial charge in [-0.05, 0) is 31.0 Å². The number of carbonyl (C=O) groups is 1. The molecule has 24 heavy (non-hydrogen) atoms. The second kappa shape index (κ2) is 8.38. The van der Waals surface area contributed by atoms with Crippen molar-refractivity contribution in [3.05, 3.63) is 20.9 Å². The van der Waals surface area contributed by atoms with E-state index in [4.69, 9.17) is 52.8 Å². The Kier molecular flexibility index (Phi) is 6.74. The minimum absolute atomic E-state index is 0.000199. The van der Waals surface area contributed by atoms with Crippen molar-refractivity contribution in [1.29, 1.82) is 0 Å². The number of pyridine rings is 1. The zero-order chi connectivity index (χ0) is 17.9. The number of carbonyl (C=O) groups excluding carboxylic acids is 1. The number of halogens is 3. The molecule has 1 heterocycles. The number of hydrazine groups is 1. The van der Waals surface area contributed by atoms with Crippen molar-refractivity contribution < 1.29 is 4.79 Å². The maximum absolute atomic E-state index is 12.2. The Hall–Kier alpha value is -1.02. The number of amides is 1. The van der Waals surface area contributed by atoms with Crippen LogP contribution in [0.25, 0.3) is 0 Å². The SMILES string of the molecule is CC1CCCCC1NC(=S)NNC(=O)c1nc(Cl)c(Cl)c(N)c1Cl. The summed E-state index contributed by atoms with van der Waals surface area (Å²) in [6, 6.07) is 0.290. The van der Waals surface area contributed by atoms with Crippen LogP contribution in [-0.4, -0.2) is 22.0 Å². The van der Waals surface area contributed by atoms with E-state index in [9.17, 15) is 4.79 Å². The highest BCUT2D eigenvalue weighted by atomic mass is 35.5. The number of nitrogens with zero attached hydrogens (tertiary/aromatic N) is 1. The quantitative estimate of drug-likeness (QED) is 0.340. The average Bonchev–Trinajstić information content (AvgIpc) is 2.56. The second-order valence-corrected chi connectivity index (χ2v) is 7.24. The molecular weight excluding hydrogens is 393 g/mol. The lowest BCUT2D eigenvalue weighted by atomic mass is 9.86. The molecule has 0 radical (unpaired) electrons. The Morgan fingerprint density at radius 3 is 2.54 bits per heavy atom. The molecule has 0 aromatic carbocycles. The van der Waals surface area contributed by atoms with E-state index in [1.807, 2.05) is 0 Å².